The first-order valence-corrected chi connectivity index (χ1v) is 14.1. The van der Waals surface area contributed by atoms with Crippen LogP contribution in [0.2, 0.25) is 5.02 Å². The molecule has 1 amide bonds. The Morgan fingerprint density at radius 1 is 1.05 bits per heavy atom. The molecule has 1 atom stereocenters. The molecular weight excluding hydrogens is 558 g/mol. The Hall–Kier alpha value is -3.61. The van der Waals surface area contributed by atoms with Crippen molar-refractivity contribution in [1.82, 2.24) is 9.97 Å². The number of aryl methyl sites for hydroxylation is 1. The minimum absolute atomic E-state index is 0.168. The molecular formula is C25H21ClF2N4O4S2. The van der Waals surface area contributed by atoms with E-state index < -0.39 is 33.7 Å². The zero-order valence-corrected chi connectivity index (χ0v) is 22.6. The van der Waals surface area contributed by atoms with E-state index in [1.807, 2.05) is 0 Å². The van der Waals surface area contributed by atoms with Crippen LogP contribution in [0.4, 0.5) is 20.2 Å². The van der Waals surface area contributed by atoms with E-state index in [0.29, 0.717) is 21.7 Å². The molecule has 0 aliphatic rings. The van der Waals surface area contributed by atoms with Crippen molar-refractivity contribution in [3.63, 3.8) is 0 Å². The summed E-state index contributed by atoms with van der Waals surface area (Å²) in [4.78, 5) is 22.1. The maximum atomic E-state index is 14.2. The Morgan fingerprint density at radius 2 is 1.76 bits per heavy atom. The van der Waals surface area contributed by atoms with Gasteiger partial charge < -0.3 is 10.1 Å². The Kier molecular flexibility index (Phi) is 7.95. The van der Waals surface area contributed by atoms with Crippen molar-refractivity contribution < 1.29 is 26.7 Å². The van der Waals surface area contributed by atoms with Crippen molar-refractivity contribution >= 4 is 50.2 Å². The van der Waals surface area contributed by atoms with E-state index in [1.165, 1.54) is 47.9 Å². The van der Waals surface area contributed by atoms with E-state index in [9.17, 15) is 22.0 Å². The van der Waals surface area contributed by atoms with E-state index in [1.54, 1.807) is 19.9 Å². The van der Waals surface area contributed by atoms with Gasteiger partial charge in [-0.2, -0.15) is 0 Å². The topological polar surface area (TPSA) is 110 Å². The third kappa shape index (κ3) is 6.82. The summed E-state index contributed by atoms with van der Waals surface area (Å²) < 4.78 is 58.9. The summed E-state index contributed by atoms with van der Waals surface area (Å²) in [5.74, 6) is -1.45. The molecule has 4 rings (SSSR count). The van der Waals surface area contributed by atoms with Crippen LogP contribution in [0.15, 0.2) is 55.0 Å². The monoisotopic (exact) mass is 578 g/mol. The normalized spacial score (nSPS) is 12.2. The highest BCUT2D eigenvalue weighted by Crippen LogP contribution is 2.36. The number of nitrogens with zero attached hydrogens (tertiary/aromatic N) is 2. The first-order valence-electron chi connectivity index (χ1n) is 11.0. The predicted molar refractivity (Wildman–Crippen MR) is 143 cm³/mol. The molecule has 0 fully saturated rings. The number of sulfonamides is 1. The number of amides is 1. The summed E-state index contributed by atoms with van der Waals surface area (Å²) in [6.45, 7) is 3.46. The van der Waals surface area contributed by atoms with Crippen LogP contribution in [0, 0.1) is 18.6 Å². The fourth-order valence-corrected chi connectivity index (χ4v) is 5.37. The molecule has 3 aromatic heterocycles. The van der Waals surface area contributed by atoms with Gasteiger partial charge in [0.25, 0.3) is 5.91 Å². The second kappa shape index (κ2) is 11.0. The number of aromatic nitrogens is 2. The van der Waals surface area contributed by atoms with Crippen molar-refractivity contribution in [3.05, 3.63) is 87.0 Å². The highest BCUT2D eigenvalue weighted by atomic mass is 35.5. The number of ether oxygens (including phenoxy) is 1. The van der Waals surface area contributed by atoms with Crippen molar-refractivity contribution in [2.24, 2.45) is 0 Å². The number of pyridine rings is 2. The van der Waals surface area contributed by atoms with Gasteiger partial charge in [0.2, 0.25) is 10.0 Å². The van der Waals surface area contributed by atoms with Gasteiger partial charge in [-0.1, -0.05) is 11.6 Å². The minimum atomic E-state index is -3.55. The summed E-state index contributed by atoms with van der Waals surface area (Å²) in [5.41, 5.74) is 1.87. The first-order chi connectivity index (χ1) is 17.9. The molecule has 1 aromatic carbocycles. The molecule has 0 saturated carbocycles. The molecule has 2 N–H and O–H groups in total. The minimum Gasteiger partial charge on any atom is -0.484 e. The van der Waals surface area contributed by atoms with Crippen molar-refractivity contribution in [2.75, 3.05) is 16.3 Å². The molecule has 13 heteroatoms. The molecule has 4 aromatic rings. The Morgan fingerprint density at radius 3 is 2.47 bits per heavy atom. The number of benzene rings is 1. The number of carbonyl (C=O) groups excluding carboxylic acids is 1. The van der Waals surface area contributed by atoms with E-state index in [0.717, 1.165) is 23.5 Å². The molecule has 8 nitrogen and oxygen atoms in total. The first kappa shape index (κ1) is 27.4. The fraction of sp³-hybridized carbons (Fsp3) is 0.160. The standard InChI is InChI=1S/C25H21ClF2N4O4S2/c1-13(36-20-6-16(27)10-29-12-20)21-7-17(28)11-30-24(21)22-9-23(37-14(22)2)25(33)31-18-4-15(26)5-19(8-18)32-38(3,34)35/h4-13,32H,1-3H3,(H,31,33). The zero-order chi connectivity index (χ0) is 27.6. The largest absolute Gasteiger partial charge is 0.484 e. The van der Waals surface area contributed by atoms with Crippen molar-refractivity contribution in [1.29, 1.82) is 0 Å². The van der Waals surface area contributed by atoms with Crippen molar-refractivity contribution in [3.8, 4) is 17.0 Å². The molecule has 3 heterocycles. The number of halogens is 3. The van der Waals surface area contributed by atoms with Gasteiger partial charge in [0.15, 0.2) is 0 Å². The third-order valence-corrected chi connectivity index (χ3v) is 7.04. The van der Waals surface area contributed by atoms with Gasteiger partial charge in [0, 0.05) is 32.8 Å². The van der Waals surface area contributed by atoms with E-state index in [4.69, 9.17) is 16.3 Å². The Bertz CT molecular complexity index is 1630. The van der Waals surface area contributed by atoms with Crippen LogP contribution in [0.25, 0.3) is 11.3 Å². The second-order valence-electron chi connectivity index (χ2n) is 8.33. The van der Waals surface area contributed by atoms with Crippen LogP contribution < -0.4 is 14.8 Å². The highest BCUT2D eigenvalue weighted by Gasteiger charge is 2.22. The number of rotatable bonds is 8. The smallest absolute Gasteiger partial charge is 0.265 e. The zero-order valence-electron chi connectivity index (χ0n) is 20.3. The maximum absolute atomic E-state index is 14.2. The fourth-order valence-electron chi connectivity index (χ4n) is 3.67. The van der Waals surface area contributed by atoms with Crippen LogP contribution in [0.5, 0.6) is 5.75 Å². The third-order valence-electron chi connectivity index (χ3n) is 5.17. The lowest BCUT2D eigenvalue weighted by molar-refractivity contribution is 0.103. The molecule has 0 radical (unpaired) electrons. The molecule has 0 bridgehead atoms. The number of carbonyl (C=O) groups is 1. The molecule has 198 valence electrons. The molecule has 38 heavy (non-hydrogen) atoms. The number of anilines is 2. The lowest BCUT2D eigenvalue weighted by Crippen LogP contribution is -2.12. The van der Waals surface area contributed by atoms with Gasteiger partial charge in [-0.05, 0) is 44.2 Å². The summed E-state index contributed by atoms with van der Waals surface area (Å²) in [6, 6.07) is 8.40. The molecule has 0 aliphatic heterocycles. The van der Waals surface area contributed by atoms with E-state index >= 15 is 0 Å². The lowest BCUT2D eigenvalue weighted by atomic mass is 10.0. The van der Waals surface area contributed by atoms with Crippen LogP contribution in [-0.2, 0) is 10.0 Å². The summed E-state index contributed by atoms with van der Waals surface area (Å²) in [5, 5.41) is 2.93. The van der Waals surface area contributed by atoms with Gasteiger partial charge in [-0.15, -0.1) is 11.3 Å². The van der Waals surface area contributed by atoms with Gasteiger partial charge >= 0.3 is 0 Å². The van der Waals surface area contributed by atoms with Gasteiger partial charge in [-0.25, -0.2) is 17.2 Å². The number of thiophene rings is 1. The average Bonchev–Trinajstić information content (AvgIpc) is 3.19. The molecule has 1 unspecified atom stereocenters. The van der Waals surface area contributed by atoms with Crippen LogP contribution >= 0.6 is 22.9 Å². The number of hydrogen-bond donors (Lipinski definition) is 2. The van der Waals surface area contributed by atoms with E-state index in [-0.39, 0.29) is 22.1 Å². The molecule has 0 aliphatic carbocycles. The number of nitrogens with one attached hydrogen (secondary N) is 2. The summed E-state index contributed by atoms with van der Waals surface area (Å²) in [7, 11) is -3.55. The lowest BCUT2D eigenvalue weighted by Gasteiger charge is -2.18. The van der Waals surface area contributed by atoms with Crippen LogP contribution in [-0.4, -0.2) is 30.5 Å². The second-order valence-corrected chi connectivity index (χ2v) is 11.8. The van der Waals surface area contributed by atoms with Crippen LogP contribution in [0.3, 0.4) is 0 Å². The molecule has 0 spiro atoms. The summed E-state index contributed by atoms with van der Waals surface area (Å²) in [6.07, 6.45) is 3.73. The van der Waals surface area contributed by atoms with Crippen molar-refractivity contribution in [2.45, 2.75) is 20.0 Å². The maximum Gasteiger partial charge on any atom is 0.265 e. The average molecular weight is 579 g/mol. The summed E-state index contributed by atoms with van der Waals surface area (Å²) >= 11 is 7.28. The quantitative estimate of drug-likeness (QED) is 0.257. The number of hydrogen-bond acceptors (Lipinski definition) is 7. The van der Waals surface area contributed by atoms with Gasteiger partial charge in [0.1, 0.15) is 23.5 Å². The predicted octanol–water partition coefficient (Wildman–Crippen LogP) is 6.21. The Balaban J connectivity index is 1.62. The van der Waals surface area contributed by atoms with Crippen LogP contribution in [0.1, 0.15) is 33.1 Å². The SMILES string of the molecule is Cc1sc(C(=O)Nc2cc(Cl)cc(NS(C)(=O)=O)c2)cc1-c1ncc(F)cc1C(C)Oc1cncc(F)c1. The van der Waals surface area contributed by atoms with Gasteiger partial charge in [0.05, 0.1) is 41.1 Å². The van der Waals surface area contributed by atoms with Gasteiger partial charge in [-0.3, -0.25) is 19.5 Å². The van der Waals surface area contributed by atoms with E-state index in [2.05, 4.69) is 20.0 Å². The highest BCUT2D eigenvalue weighted by molar-refractivity contribution is 7.92. The molecule has 0 saturated heterocycles. The Labute approximate surface area is 226 Å².